The summed E-state index contributed by atoms with van der Waals surface area (Å²) in [5.41, 5.74) is 0.522. The second kappa shape index (κ2) is 3.17. The molecular formula is C10H9FO2. The summed E-state index contributed by atoms with van der Waals surface area (Å²) < 4.78 is 18.1. The average molecular weight is 180 g/mol. The fourth-order valence-electron chi connectivity index (χ4n) is 1.46. The Hall–Kier alpha value is -1.38. The van der Waals surface area contributed by atoms with E-state index in [2.05, 4.69) is 0 Å². The molecule has 0 spiro atoms. The third kappa shape index (κ3) is 1.54. The van der Waals surface area contributed by atoms with E-state index in [9.17, 15) is 9.18 Å². The number of esters is 1. The molecule has 0 saturated heterocycles. The molecule has 13 heavy (non-hydrogen) atoms. The molecule has 0 bridgehead atoms. The van der Waals surface area contributed by atoms with Gasteiger partial charge in [-0.3, -0.25) is 4.79 Å². The minimum absolute atomic E-state index is 0.274. The van der Waals surface area contributed by atoms with Crippen LogP contribution >= 0.6 is 0 Å². The molecule has 1 aromatic carbocycles. The van der Waals surface area contributed by atoms with Crippen molar-refractivity contribution in [3.8, 4) is 5.75 Å². The van der Waals surface area contributed by atoms with E-state index in [0.717, 1.165) is 0 Å². The van der Waals surface area contributed by atoms with E-state index in [-0.39, 0.29) is 11.8 Å². The highest BCUT2D eigenvalue weighted by Crippen LogP contribution is 2.26. The average Bonchev–Trinajstić information content (AvgIpc) is 2.27. The van der Waals surface area contributed by atoms with Crippen LogP contribution in [0.25, 0.3) is 0 Å². The van der Waals surface area contributed by atoms with Gasteiger partial charge in [0.2, 0.25) is 0 Å². The molecule has 0 amide bonds. The van der Waals surface area contributed by atoms with Gasteiger partial charge >= 0.3 is 5.97 Å². The number of hydrogen-bond donors (Lipinski definition) is 0. The highest BCUT2D eigenvalue weighted by Gasteiger charge is 2.17. The Morgan fingerprint density at radius 1 is 1.31 bits per heavy atom. The summed E-state index contributed by atoms with van der Waals surface area (Å²) in [7, 11) is 0. The molecule has 1 heterocycles. The molecule has 2 rings (SSSR count). The minimum Gasteiger partial charge on any atom is -0.426 e. The summed E-state index contributed by atoms with van der Waals surface area (Å²) in [4.78, 5) is 11.0. The van der Waals surface area contributed by atoms with Crippen LogP contribution in [-0.2, 0) is 11.2 Å². The zero-order valence-electron chi connectivity index (χ0n) is 7.05. The topological polar surface area (TPSA) is 26.3 Å². The molecule has 0 aliphatic carbocycles. The molecule has 1 aromatic rings. The van der Waals surface area contributed by atoms with E-state index in [0.29, 0.717) is 30.6 Å². The Labute approximate surface area is 75.3 Å². The van der Waals surface area contributed by atoms with Gasteiger partial charge in [0, 0.05) is 12.0 Å². The summed E-state index contributed by atoms with van der Waals surface area (Å²) in [5, 5.41) is 0. The summed E-state index contributed by atoms with van der Waals surface area (Å²) in [6.07, 6.45) is 1.61. The lowest BCUT2D eigenvalue weighted by Crippen LogP contribution is -2.05. The van der Waals surface area contributed by atoms with Crippen molar-refractivity contribution in [1.29, 1.82) is 0 Å². The molecule has 0 unspecified atom stereocenters. The third-order valence-electron chi connectivity index (χ3n) is 2.11. The molecule has 0 radical (unpaired) electrons. The van der Waals surface area contributed by atoms with Crippen LogP contribution in [0.3, 0.4) is 0 Å². The van der Waals surface area contributed by atoms with Gasteiger partial charge in [-0.25, -0.2) is 4.39 Å². The van der Waals surface area contributed by atoms with Gasteiger partial charge in [0.15, 0.2) is 0 Å². The predicted molar refractivity (Wildman–Crippen MR) is 45.0 cm³/mol. The lowest BCUT2D eigenvalue weighted by Gasteiger charge is -2.04. The zero-order chi connectivity index (χ0) is 9.26. The van der Waals surface area contributed by atoms with Crippen LogP contribution in [0.5, 0.6) is 5.75 Å². The van der Waals surface area contributed by atoms with E-state index >= 15 is 0 Å². The second-order valence-corrected chi connectivity index (χ2v) is 3.04. The molecule has 0 saturated carbocycles. The molecule has 68 valence electrons. The molecule has 0 N–H and O–H groups in total. The van der Waals surface area contributed by atoms with Gasteiger partial charge in [0.25, 0.3) is 0 Å². The van der Waals surface area contributed by atoms with Crippen molar-refractivity contribution < 1.29 is 13.9 Å². The van der Waals surface area contributed by atoms with Crippen molar-refractivity contribution in [2.75, 3.05) is 0 Å². The van der Waals surface area contributed by atoms with Crippen molar-refractivity contribution in [3.63, 3.8) is 0 Å². The zero-order valence-corrected chi connectivity index (χ0v) is 7.05. The van der Waals surface area contributed by atoms with Crippen molar-refractivity contribution in [3.05, 3.63) is 29.6 Å². The Kier molecular flexibility index (Phi) is 2.00. The van der Waals surface area contributed by atoms with E-state index < -0.39 is 0 Å². The van der Waals surface area contributed by atoms with Crippen LogP contribution in [0, 0.1) is 5.82 Å². The van der Waals surface area contributed by atoms with E-state index in [4.69, 9.17) is 4.74 Å². The lowest BCUT2D eigenvalue weighted by atomic mass is 10.1. The van der Waals surface area contributed by atoms with Gasteiger partial charge in [-0.15, -0.1) is 0 Å². The van der Waals surface area contributed by atoms with Crippen LogP contribution in [0.15, 0.2) is 18.2 Å². The standard InChI is InChI=1S/C10H9FO2/c11-8-4-2-5-9-7(8)3-1-6-10(12)13-9/h2,4-5H,1,3,6H2. The summed E-state index contributed by atoms with van der Waals surface area (Å²) in [6.45, 7) is 0. The highest BCUT2D eigenvalue weighted by atomic mass is 19.1. The van der Waals surface area contributed by atoms with Crippen molar-refractivity contribution >= 4 is 5.97 Å². The van der Waals surface area contributed by atoms with Gasteiger partial charge < -0.3 is 4.74 Å². The number of fused-ring (bicyclic) bond motifs is 1. The highest BCUT2D eigenvalue weighted by molar-refractivity contribution is 5.73. The van der Waals surface area contributed by atoms with Crippen molar-refractivity contribution in [2.24, 2.45) is 0 Å². The van der Waals surface area contributed by atoms with Crippen LogP contribution in [0.2, 0.25) is 0 Å². The lowest BCUT2D eigenvalue weighted by molar-refractivity contribution is -0.134. The number of ether oxygens (including phenoxy) is 1. The van der Waals surface area contributed by atoms with Crippen LogP contribution in [0.1, 0.15) is 18.4 Å². The molecule has 0 fully saturated rings. The normalized spacial score (nSPS) is 15.9. The summed E-state index contributed by atoms with van der Waals surface area (Å²) in [5.74, 6) is -0.181. The van der Waals surface area contributed by atoms with E-state index in [1.165, 1.54) is 6.07 Å². The number of benzene rings is 1. The number of carbonyl (C=O) groups excluding carboxylic acids is 1. The fourth-order valence-corrected chi connectivity index (χ4v) is 1.46. The first-order chi connectivity index (χ1) is 6.27. The predicted octanol–water partition coefficient (Wildman–Crippen LogP) is 2.07. The maximum absolute atomic E-state index is 13.2. The molecule has 0 atom stereocenters. The summed E-state index contributed by atoms with van der Waals surface area (Å²) >= 11 is 0. The van der Waals surface area contributed by atoms with Crippen molar-refractivity contribution in [1.82, 2.24) is 0 Å². The van der Waals surface area contributed by atoms with Gasteiger partial charge in [0.1, 0.15) is 11.6 Å². The van der Waals surface area contributed by atoms with Crippen molar-refractivity contribution in [2.45, 2.75) is 19.3 Å². The smallest absolute Gasteiger partial charge is 0.311 e. The first-order valence-electron chi connectivity index (χ1n) is 4.25. The summed E-state index contributed by atoms with van der Waals surface area (Å²) in [6, 6.07) is 4.56. The fraction of sp³-hybridized carbons (Fsp3) is 0.300. The molecular weight excluding hydrogens is 171 g/mol. The van der Waals surface area contributed by atoms with Crippen LogP contribution < -0.4 is 4.74 Å². The number of rotatable bonds is 0. The SMILES string of the molecule is O=C1CCCc2c(F)cccc2O1. The maximum atomic E-state index is 13.2. The molecule has 3 heteroatoms. The largest absolute Gasteiger partial charge is 0.426 e. The first kappa shape index (κ1) is 8.23. The van der Waals surface area contributed by atoms with Gasteiger partial charge in [-0.1, -0.05) is 6.07 Å². The van der Waals surface area contributed by atoms with Gasteiger partial charge in [-0.05, 0) is 25.0 Å². The van der Waals surface area contributed by atoms with E-state index in [1.54, 1.807) is 12.1 Å². The number of hydrogen-bond acceptors (Lipinski definition) is 2. The monoisotopic (exact) mass is 180 g/mol. The Bertz CT molecular complexity index is 347. The Morgan fingerprint density at radius 2 is 2.15 bits per heavy atom. The minimum atomic E-state index is -0.285. The van der Waals surface area contributed by atoms with Crippen LogP contribution in [-0.4, -0.2) is 5.97 Å². The number of carbonyl (C=O) groups is 1. The van der Waals surface area contributed by atoms with E-state index in [1.807, 2.05) is 0 Å². The van der Waals surface area contributed by atoms with Crippen LogP contribution in [0.4, 0.5) is 4.39 Å². The number of halogens is 1. The van der Waals surface area contributed by atoms with Gasteiger partial charge in [0.05, 0.1) is 0 Å². The first-order valence-corrected chi connectivity index (χ1v) is 4.25. The van der Waals surface area contributed by atoms with Gasteiger partial charge in [-0.2, -0.15) is 0 Å². The Balaban J connectivity index is 2.45. The molecule has 1 aliphatic heterocycles. The maximum Gasteiger partial charge on any atom is 0.311 e. The second-order valence-electron chi connectivity index (χ2n) is 3.04. The quantitative estimate of drug-likeness (QED) is 0.451. The molecule has 1 aliphatic rings. The third-order valence-corrected chi connectivity index (χ3v) is 2.11. The Morgan fingerprint density at radius 3 is 3.00 bits per heavy atom. The molecule has 0 aromatic heterocycles. The molecule has 2 nitrogen and oxygen atoms in total.